The lowest BCUT2D eigenvalue weighted by atomic mass is 9.79. The number of ether oxygens (including phenoxy) is 1. The minimum atomic E-state index is -0.412. The number of amides is 1. The first-order chi connectivity index (χ1) is 10.5. The highest BCUT2D eigenvalue weighted by atomic mass is 16.6. The van der Waals surface area contributed by atoms with Crippen molar-refractivity contribution in [1.29, 1.82) is 0 Å². The van der Waals surface area contributed by atoms with Crippen LogP contribution in [0, 0.1) is 5.41 Å². The van der Waals surface area contributed by atoms with E-state index in [2.05, 4.69) is 25.7 Å². The number of carbonyl (C=O) groups excluding carboxylic acids is 1. The van der Waals surface area contributed by atoms with Crippen molar-refractivity contribution in [2.75, 3.05) is 26.2 Å². The van der Waals surface area contributed by atoms with Crippen molar-refractivity contribution in [3.8, 4) is 0 Å². The second-order valence-corrected chi connectivity index (χ2v) is 9.47. The lowest BCUT2D eigenvalue weighted by molar-refractivity contribution is 0.0189. The maximum Gasteiger partial charge on any atom is 0.410 e. The summed E-state index contributed by atoms with van der Waals surface area (Å²) in [4.78, 5) is 16.9. The van der Waals surface area contributed by atoms with E-state index >= 15 is 0 Å². The molecule has 2 saturated heterocycles. The number of carbonyl (C=O) groups is 1. The van der Waals surface area contributed by atoms with Gasteiger partial charge < -0.3 is 9.64 Å². The molecule has 134 valence electrons. The summed E-state index contributed by atoms with van der Waals surface area (Å²) in [5.74, 6) is 0. The Balaban J connectivity index is 1.93. The van der Waals surface area contributed by atoms with Crippen LogP contribution < -0.4 is 0 Å². The molecule has 2 rings (SSSR count). The molecule has 0 spiro atoms. The molecule has 0 radical (unpaired) electrons. The first-order valence-corrected chi connectivity index (χ1v) is 9.24. The van der Waals surface area contributed by atoms with Gasteiger partial charge >= 0.3 is 6.09 Å². The summed E-state index contributed by atoms with van der Waals surface area (Å²) in [6, 6.07) is 0. The topological polar surface area (TPSA) is 32.8 Å². The van der Waals surface area contributed by atoms with E-state index in [1.165, 1.54) is 32.4 Å². The molecule has 1 unspecified atom stereocenters. The highest BCUT2D eigenvalue weighted by Crippen LogP contribution is 2.37. The molecule has 0 saturated carbocycles. The van der Waals surface area contributed by atoms with Gasteiger partial charge in [-0.05, 0) is 78.3 Å². The van der Waals surface area contributed by atoms with Gasteiger partial charge in [-0.25, -0.2) is 4.79 Å². The van der Waals surface area contributed by atoms with E-state index in [9.17, 15) is 4.79 Å². The largest absolute Gasteiger partial charge is 0.444 e. The Morgan fingerprint density at radius 1 is 0.913 bits per heavy atom. The minimum Gasteiger partial charge on any atom is -0.444 e. The molecule has 2 heterocycles. The molecule has 0 aromatic rings. The van der Waals surface area contributed by atoms with Gasteiger partial charge in [0.05, 0.1) is 0 Å². The molecule has 4 heteroatoms. The molecule has 0 aromatic carbocycles. The summed E-state index contributed by atoms with van der Waals surface area (Å²) in [5.41, 5.74) is 0.304. The van der Waals surface area contributed by atoms with Crippen LogP contribution in [0.3, 0.4) is 0 Å². The number of nitrogens with zero attached hydrogens (tertiary/aromatic N) is 2. The van der Waals surface area contributed by atoms with E-state index in [4.69, 9.17) is 4.74 Å². The summed E-state index contributed by atoms with van der Waals surface area (Å²) in [7, 11) is 0. The summed E-state index contributed by atoms with van der Waals surface area (Å²) in [5, 5.41) is 0. The Morgan fingerprint density at radius 3 is 2.09 bits per heavy atom. The van der Waals surface area contributed by atoms with Crippen LogP contribution in [0.2, 0.25) is 0 Å². The average Bonchev–Trinajstić information content (AvgIpc) is 2.59. The minimum absolute atomic E-state index is 0.151. The van der Waals surface area contributed by atoms with E-state index in [1.54, 1.807) is 0 Å². The van der Waals surface area contributed by atoms with Crippen molar-refractivity contribution in [3.63, 3.8) is 0 Å². The van der Waals surface area contributed by atoms with Gasteiger partial charge in [-0.1, -0.05) is 13.8 Å². The lowest BCUT2D eigenvalue weighted by Gasteiger charge is -2.47. The third-order valence-corrected chi connectivity index (χ3v) is 5.60. The standard InChI is InChI=1S/C19H36N2O2/c1-17(2,3)23-16(22)20-12-7-8-19(6,11-13-20)21-14-9-18(4,5)10-15-21/h7-15H2,1-6H3. The van der Waals surface area contributed by atoms with Gasteiger partial charge in [0.15, 0.2) is 0 Å². The van der Waals surface area contributed by atoms with Crippen LogP contribution in [0.25, 0.3) is 0 Å². The first kappa shape index (κ1) is 18.6. The van der Waals surface area contributed by atoms with Crippen molar-refractivity contribution >= 4 is 6.09 Å². The highest BCUT2D eigenvalue weighted by Gasteiger charge is 2.38. The molecule has 0 aliphatic carbocycles. The van der Waals surface area contributed by atoms with E-state index in [-0.39, 0.29) is 11.6 Å². The Morgan fingerprint density at radius 2 is 1.52 bits per heavy atom. The van der Waals surface area contributed by atoms with Gasteiger partial charge in [0.25, 0.3) is 0 Å². The Kier molecular flexibility index (Phi) is 5.34. The molecule has 2 fully saturated rings. The van der Waals surface area contributed by atoms with Crippen molar-refractivity contribution in [3.05, 3.63) is 0 Å². The Labute approximate surface area is 142 Å². The van der Waals surface area contributed by atoms with Gasteiger partial charge in [-0.2, -0.15) is 0 Å². The fourth-order valence-corrected chi connectivity index (χ4v) is 3.74. The number of hydrogen-bond acceptors (Lipinski definition) is 3. The summed E-state index contributed by atoms with van der Waals surface area (Å²) in [6.07, 6.45) is 5.69. The molecule has 1 amide bonds. The number of piperidine rings is 1. The van der Waals surface area contributed by atoms with Crippen molar-refractivity contribution < 1.29 is 9.53 Å². The zero-order chi connectivity index (χ0) is 17.3. The van der Waals surface area contributed by atoms with Gasteiger partial charge in [0.1, 0.15) is 5.60 Å². The van der Waals surface area contributed by atoms with Crippen LogP contribution >= 0.6 is 0 Å². The zero-order valence-electron chi connectivity index (χ0n) is 16.1. The van der Waals surface area contributed by atoms with Crippen molar-refractivity contribution in [2.24, 2.45) is 5.41 Å². The quantitative estimate of drug-likeness (QED) is 0.721. The zero-order valence-corrected chi connectivity index (χ0v) is 16.1. The smallest absolute Gasteiger partial charge is 0.410 e. The molecule has 2 aliphatic rings. The normalized spacial score (nSPS) is 29.9. The Bertz CT molecular complexity index is 418. The molecule has 0 N–H and O–H groups in total. The lowest BCUT2D eigenvalue weighted by Crippen LogP contribution is -2.51. The molecule has 0 bridgehead atoms. The van der Waals surface area contributed by atoms with E-state index in [0.717, 1.165) is 25.9 Å². The van der Waals surface area contributed by atoms with Gasteiger partial charge in [0, 0.05) is 18.6 Å². The monoisotopic (exact) mass is 324 g/mol. The van der Waals surface area contributed by atoms with Gasteiger partial charge in [-0.3, -0.25) is 4.90 Å². The maximum absolute atomic E-state index is 12.3. The van der Waals surface area contributed by atoms with Gasteiger partial charge in [-0.15, -0.1) is 0 Å². The highest BCUT2D eigenvalue weighted by molar-refractivity contribution is 5.68. The molecule has 1 atom stereocenters. The fourth-order valence-electron chi connectivity index (χ4n) is 3.74. The molecule has 23 heavy (non-hydrogen) atoms. The van der Waals surface area contributed by atoms with Crippen LogP contribution in [0.4, 0.5) is 4.79 Å². The van der Waals surface area contributed by atoms with E-state index in [0.29, 0.717) is 5.41 Å². The Hall–Kier alpha value is -0.770. The molecular formula is C19H36N2O2. The van der Waals surface area contributed by atoms with Crippen LogP contribution in [0.15, 0.2) is 0 Å². The molecule has 2 aliphatic heterocycles. The second-order valence-electron chi connectivity index (χ2n) is 9.47. The van der Waals surface area contributed by atoms with Crippen LogP contribution in [-0.2, 0) is 4.74 Å². The summed E-state index contributed by atoms with van der Waals surface area (Å²) >= 11 is 0. The van der Waals surface area contributed by atoms with Crippen molar-refractivity contribution in [1.82, 2.24) is 9.80 Å². The second kappa shape index (κ2) is 6.62. The summed E-state index contributed by atoms with van der Waals surface area (Å²) < 4.78 is 5.55. The third kappa shape index (κ3) is 5.10. The van der Waals surface area contributed by atoms with E-state index in [1.807, 2.05) is 25.7 Å². The maximum atomic E-state index is 12.3. The molecular weight excluding hydrogens is 288 g/mol. The van der Waals surface area contributed by atoms with Crippen LogP contribution in [0.5, 0.6) is 0 Å². The van der Waals surface area contributed by atoms with Crippen LogP contribution in [0.1, 0.15) is 73.6 Å². The van der Waals surface area contributed by atoms with E-state index < -0.39 is 5.60 Å². The number of hydrogen-bond donors (Lipinski definition) is 0. The first-order valence-electron chi connectivity index (χ1n) is 9.24. The number of rotatable bonds is 1. The molecule has 0 aromatic heterocycles. The summed E-state index contributed by atoms with van der Waals surface area (Å²) in [6.45, 7) is 17.0. The van der Waals surface area contributed by atoms with Crippen LogP contribution in [-0.4, -0.2) is 53.2 Å². The fraction of sp³-hybridized carbons (Fsp3) is 0.947. The predicted octanol–water partition coefficient (Wildman–Crippen LogP) is 4.29. The SMILES string of the molecule is CC1(C)CCN(C2(C)CCCN(C(=O)OC(C)(C)C)CC2)CC1. The molecule has 4 nitrogen and oxygen atoms in total. The average molecular weight is 325 g/mol. The van der Waals surface area contributed by atoms with Crippen molar-refractivity contribution in [2.45, 2.75) is 84.8 Å². The van der Waals surface area contributed by atoms with Gasteiger partial charge in [0.2, 0.25) is 0 Å². The number of likely N-dealkylation sites (tertiary alicyclic amines) is 2. The predicted molar refractivity (Wildman–Crippen MR) is 94.7 cm³/mol. The third-order valence-electron chi connectivity index (χ3n) is 5.60.